The van der Waals surface area contributed by atoms with Crippen molar-refractivity contribution in [2.24, 2.45) is 5.92 Å². The number of likely N-dealkylation sites (tertiary alicyclic amines) is 2. The summed E-state index contributed by atoms with van der Waals surface area (Å²) in [5.41, 5.74) is 1.89. The predicted octanol–water partition coefficient (Wildman–Crippen LogP) is 4.84. The molecule has 0 radical (unpaired) electrons. The van der Waals surface area contributed by atoms with Crippen LogP contribution in [0.4, 0.5) is 0 Å². The molecule has 1 aromatic heterocycles. The van der Waals surface area contributed by atoms with E-state index in [9.17, 15) is 9.59 Å². The van der Waals surface area contributed by atoms with Gasteiger partial charge in [-0.2, -0.15) is 0 Å². The van der Waals surface area contributed by atoms with E-state index in [1.807, 2.05) is 53.7 Å². The Hall–Kier alpha value is -2.21. The van der Waals surface area contributed by atoms with E-state index in [1.165, 1.54) is 12.0 Å². The first kappa shape index (κ1) is 21.0. The van der Waals surface area contributed by atoms with Crippen LogP contribution in [0.25, 0.3) is 0 Å². The summed E-state index contributed by atoms with van der Waals surface area (Å²) in [5, 5.41) is 0. The summed E-state index contributed by atoms with van der Waals surface area (Å²) >= 11 is 3.41. The zero-order chi connectivity index (χ0) is 20.9. The first-order valence-electron chi connectivity index (χ1n) is 10.9. The lowest BCUT2D eigenvalue weighted by Gasteiger charge is -2.37. The van der Waals surface area contributed by atoms with Crippen LogP contribution in [0.5, 0.6) is 0 Å². The highest BCUT2D eigenvalue weighted by Crippen LogP contribution is 2.33. The first-order valence-corrected chi connectivity index (χ1v) is 11.7. The topological polar surface area (TPSA) is 53.5 Å². The Morgan fingerprint density at radius 3 is 2.27 bits per heavy atom. The molecule has 2 fully saturated rings. The Morgan fingerprint density at radius 1 is 0.867 bits per heavy atom. The van der Waals surface area contributed by atoms with Gasteiger partial charge in [0, 0.05) is 48.0 Å². The third-order valence-electron chi connectivity index (χ3n) is 6.35. The molecule has 0 aliphatic carbocycles. The number of halogens is 1. The molecule has 3 heterocycles. The summed E-state index contributed by atoms with van der Waals surface area (Å²) in [6.07, 6.45) is 9.50. The Kier molecular flexibility index (Phi) is 6.82. The minimum Gasteiger partial charge on any atom is -0.339 e. The molecule has 5 nitrogen and oxygen atoms in total. The smallest absolute Gasteiger partial charge is 0.253 e. The summed E-state index contributed by atoms with van der Waals surface area (Å²) < 4.78 is 0.963. The highest BCUT2D eigenvalue weighted by atomic mass is 79.9. The molecule has 0 bridgehead atoms. The van der Waals surface area contributed by atoms with Crippen molar-refractivity contribution in [3.05, 3.63) is 64.4 Å². The largest absolute Gasteiger partial charge is 0.339 e. The quantitative estimate of drug-likeness (QED) is 0.645. The number of benzene rings is 1. The first-order chi connectivity index (χ1) is 14.6. The van der Waals surface area contributed by atoms with Crippen molar-refractivity contribution in [1.82, 2.24) is 14.8 Å². The lowest BCUT2D eigenvalue weighted by molar-refractivity contribution is -0.139. The number of amides is 2. The highest BCUT2D eigenvalue weighted by molar-refractivity contribution is 9.10. The molecular weight excluding hydrogens is 442 g/mol. The summed E-state index contributed by atoms with van der Waals surface area (Å²) in [7, 11) is 0. The minimum absolute atomic E-state index is 0.00130. The predicted molar refractivity (Wildman–Crippen MR) is 120 cm³/mol. The number of carbonyl (C=O) groups excluding carboxylic acids is 2. The summed E-state index contributed by atoms with van der Waals surface area (Å²) in [6, 6.07) is 11.7. The van der Waals surface area contributed by atoms with Gasteiger partial charge >= 0.3 is 0 Å². The number of carbonyl (C=O) groups is 2. The number of aromatic nitrogens is 1. The molecular formula is C24H28BrN3O2. The van der Waals surface area contributed by atoms with Gasteiger partial charge in [0.05, 0.1) is 6.04 Å². The van der Waals surface area contributed by atoms with Crippen molar-refractivity contribution in [2.75, 3.05) is 19.6 Å². The molecule has 6 heteroatoms. The fourth-order valence-corrected chi connectivity index (χ4v) is 4.91. The highest BCUT2D eigenvalue weighted by Gasteiger charge is 2.34. The van der Waals surface area contributed by atoms with Gasteiger partial charge in [-0.1, -0.05) is 28.8 Å². The molecule has 158 valence electrons. The number of piperidine rings is 1. The van der Waals surface area contributed by atoms with E-state index in [0.29, 0.717) is 18.7 Å². The van der Waals surface area contributed by atoms with Gasteiger partial charge in [0.25, 0.3) is 5.91 Å². The van der Waals surface area contributed by atoms with E-state index in [4.69, 9.17) is 0 Å². The van der Waals surface area contributed by atoms with E-state index in [2.05, 4.69) is 25.8 Å². The van der Waals surface area contributed by atoms with Gasteiger partial charge in [0.15, 0.2) is 0 Å². The molecule has 0 spiro atoms. The Balaban J connectivity index is 1.41. The zero-order valence-electron chi connectivity index (χ0n) is 17.2. The van der Waals surface area contributed by atoms with Crippen LogP contribution in [0.15, 0.2) is 53.3 Å². The molecule has 30 heavy (non-hydrogen) atoms. The van der Waals surface area contributed by atoms with Crippen LogP contribution < -0.4 is 0 Å². The van der Waals surface area contributed by atoms with Crippen molar-refractivity contribution in [1.29, 1.82) is 0 Å². The Labute approximate surface area is 186 Å². The van der Waals surface area contributed by atoms with E-state index >= 15 is 0 Å². The van der Waals surface area contributed by atoms with Crippen LogP contribution in [-0.2, 0) is 4.79 Å². The van der Waals surface area contributed by atoms with Crippen LogP contribution in [0, 0.1) is 5.92 Å². The van der Waals surface area contributed by atoms with Crippen LogP contribution >= 0.6 is 15.9 Å². The van der Waals surface area contributed by atoms with Crippen LogP contribution in [0.1, 0.15) is 60.5 Å². The second-order valence-electron chi connectivity index (χ2n) is 8.25. The maximum absolute atomic E-state index is 13.5. The summed E-state index contributed by atoms with van der Waals surface area (Å²) in [4.78, 5) is 34.4. The van der Waals surface area contributed by atoms with Gasteiger partial charge in [-0.25, -0.2) is 0 Å². The standard InChI is InChI=1S/C24H28BrN3O2/c25-21-7-5-19(6-8-21)23(29)27-16-11-20(12-17-27)24(30)28-15-3-1-2-4-22(28)18-9-13-26-14-10-18/h5-10,13-14,20,22H,1-4,11-12,15-17H2. The molecule has 1 aromatic carbocycles. The van der Waals surface area contributed by atoms with Crippen molar-refractivity contribution in [2.45, 2.75) is 44.6 Å². The molecule has 2 saturated heterocycles. The molecule has 4 rings (SSSR count). The second-order valence-corrected chi connectivity index (χ2v) is 9.17. The molecule has 1 atom stereocenters. The fourth-order valence-electron chi connectivity index (χ4n) is 4.64. The lowest BCUT2D eigenvalue weighted by atomic mass is 9.93. The maximum atomic E-state index is 13.5. The summed E-state index contributed by atoms with van der Waals surface area (Å²) in [6.45, 7) is 2.10. The van der Waals surface area contributed by atoms with Crippen molar-refractivity contribution < 1.29 is 9.59 Å². The average Bonchev–Trinajstić information content (AvgIpc) is 3.05. The minimum atomic E-state index is 0.00130. The third kappa shape index (κ3) is 4.75. The molecule has 2 aliphatic rings. The van der Waals surface area contributed by atoms with Gasteiger partial charge < -0.3 is 9.80 Å². The van der Waals surface area contributed by atoms with E-state index in [0.717, 1.165) is 43.1 Å². The average molecular weight is 470 g/mol. The number of rotatable bonds is 3. The third-order valence-corrected chi connectivity index (χ3v) is 6.88. The number of hydrogen-bond donors (Lipinski definition) is 0. The summed E-state index contributed by atoms with van der Waals surface area (Å²) in [5.74, 6) is 0.314. The molecule has 1 unspecified atom stereocenters. The van der Waals surface area contributed by atoms with Crippen molar-refractivity contribution >= 4 is 27.7 Å². The van der Waals surface area contributed by atoms with Gasteiger partial charge in [0.1, 0.15) is 0 Å². The number of pyridine rings is 1. The Morgan fingerprint density at radius 2 is 1.57 bits per heavy atom. The zero-order valence-corrected chi connectivity index (χ0v) is 18.8. The molecule has 2 aromatic rings. The number of hydrogen-bond acceptors (Lipinski definition) is 3. The van der Waals surface area contributed by atoms with Crippen LogP contribution in [-0.4, -0.2) is 46.2 Å². The van der Waals surface area contributed by atoms with Crippen LogP contribution in [0.3, 0.4) is 0 Å². The molecule has 0 N–H and O–H groups in total. The lowest BCUT2D eigenvalue weighted by Crippen LogP contribution is -2.45. The van der Waals surface area contributed by atoms with Gasteiger partial charge in [-0.05, 0) is 67.6 Å². The molecule has 2 amide bonds. The Bertz CT molecular complexity index is 864. The normalized spacial score (nSPS) is 20.6. The second kappa shape index (κ2) is 9.73. The van der Waals surface area contributed by atoms with Crippen LogP contribution in [0.2, 0.25) is 0 Å². The SMILES string of the molecule is O=C(c1ccc(Br)cc1)N1CCC(C(=O)N2CCCCCC2c2ccncc2)CC1. The van der Waals surface area contributed by atoms with E-state index < -0.39 is 0 Å². The van der Waals surface area contributed by atoms with Crippen molar-refractivity contribution in [3.8, 4) is 0 Å². The van der Waals surface area contributed by atoms with Gasteiger partial charge in [0.2, 0.25) is 5.91 Å². The van der Waals surface area contributed by atoms with E-state index in [1.54, 1.807) is 0 Å². The van der Waals surface area contributed by atoms with E-state index in [-0.39, 0.29) is 23.8 Å². The van der Waals surface area contributed by atoms with Gasteiger partial charge in [-0.15, -0.1) is 0 Å². The monoisotopic (exact) mass is 469 g/mol. The van der Waals surface area contributed by atoms with Gasteiger partial charge in [-0.3, -0.25) is 14.6 Å². The maximum Gasteiger partial charge on any atom is 0.253 e. The fraction of sp³-hybridized carbons (Fsp3) is 0.458. The number of nitrogens with zero attached hydrogens (tertiary/aromatic N) is 3. The molecule has 2 aliphatic heterocycles. The molecule has 0 saturated carbocycles. The van der Waals surface area contributed by atoms with Crippen molar-refractivity contribution in [3.63, 3.8) is 0 Å².